The molecule has 11 nitrogen and oxygen atoms in total. The highest BCUT2D eigenvalue weighted by molar-refractivity contribution is 5.85. The Balaban J connectivity index is 1.59. The van der Waals surface area contributed by atoms with Crippen molar-refractivity contribution in [1.82, 2.24) is 15.0 Å². The molecule has 0 radical (unpaired) electrons. The van der Waals surface area contributed by atoms with Crippen molar-refractivity contribution >= 4 is 35.4 Å². The summed E-state index contributed by atoms with van der Waals surface area (Å²) < 4.78 is 5.27. The number of non-ortho nitro benzene ring substituents is 1. The van der Waals surface area contributed by atoms with Crippen LogP contribution in [0.5, 0.6) is 5.75 Å². The van der Waals surface area contributed by atoms with Crippen LogP contribution in [-0.2, 0) is 0 Å². The summed E-state index contributed by atoms with van der Waals surface area (Å²) in [6.45, 7) is 1.75. The van der Waals surface area contributed by atoms with Crippen LogP contribution in [0.1, 0.15) is 24.8 Å². The molecule has 1 saturated heterocycles. The summed E-state index contributed by atoms with van der Waals surface area (Å²) in [5.41, 5.74) is 4.06. The molecule has 2 heterocycles. The summed E-state index contributed by atoms with van der Waals surface area (Å²) in [6.07, 6.45) is 4.79. The Morgan fingerprint density at radius 3 is 2.55 bits per heavy atom. The molecule has 170 valence electrons. The number of nitrogens with one attached hydrogen (secondary N) is 2. The van der Waals surface area contributed by atoms with E-state index < -0.39 is 4.92 Å². The van der Waals surface area contributed by atoms with Gasteiger partial charge >= 0.3 is 0 Å². The molecule has 1 aliphatic heterocycles. The lowest BCUT2D eigenvalue weighted by atomic mass is 10.1. The van der Waals surface area contributed by atoms with E-state index in [1.165, 1.54) is 37.9 Å². The molecule has 2 N–H and O–H groups in total. The third-order valence-corrected chi connectivity index (χ3v) is 5.08. The number of hydrazone groups is 1. The number of piperidine rings is 1. The number of rotatable bonds is 8. The second-order valence-electron chi connectivity index (χ2n) is 7.37. The zero-order valence-corrected chi connectivity index (χ0v) is 18.1. The molecule has 0 atom stereocenters. The molecule has 0 spiro atoms. The predicted molar refractivity (Wildman–Crippen MR) is 126 cm³/mol. The molecule has 1 aliphatic rings. The van der Waals surface area contributed by atoms with Crippen molar-refractivity contribution in [2.75, 3.05) is 35.8 Å². The molecule has 0 unspecified atom stereocenters. The fourth-order valence-corrected chi connectivity index (χ4v) is 3.45. The number of para-hydroxylation sites is 1. The van der Waals surface area contributed by atoms with E-state index in [0.29, 0.717) is 23.2 Å². The van der Waals surface area contributed by atoms with Gasteiger partial charge in [-0.3, -0.25) is 10.1 Å². The number of aromatic nitrogens is 3. The third kappa shape index (κ3) is 5.70. The van der Waals surface area contributed by atoms with Gasteiger partial charge in [0.05, 0.1) is 18.2 Å². The van der Waals surface area contributed by atoms with Crippen LogP contribution < -0.4 is 20.4 Å². The largest absolute Gasteiger partial charge is 0.496 e. The Morgan fingerprint density at radius 1 is 1.06 bits per heavy atom. The Labute approximate surface area is 190 Å². The fourth-order valence-electron chi connectivity index (χ4n) is 3.45. The first kappa shape index (κ1) is 21.9. The smallest absolute Gasteiger partial charge is 0.270 e. The average Bonchev–Trinajstić information content (AvgIpc) is 2.85. The van der Waals surface area contributed by atoms with Gasteiger partial charge in [-0.05, 0) is 37.5 Å². The molecule has 3 aromatic rings. The quantitative estimate of drug-likeness (QED) is 0.298. The van der Waals surface area contributed by atoms with Gasteiger partial charge in [-0.1, -0.05) is 18.2 Å². The van der Waals surface area contributed by atoms with Crippen LogP contribution in [0.3, 0.4) is 0 Å². The normalized spacial score (nSPS) is 13.7. The Morgan fingerprint density at radius 2 is 1.82 bits per heavy atom. The first-order valence-corrected chi connectivity index (χ1v) is 10.6. The van der Waals surface area contributed by atoms with E-state index in [0.717, 1.165) is 31.6 Å². The fraction of sp³-hybridized carbons (Fsp3) is 0.273. The number of methoxy groups -OCH3 is 1. The van der Waals surface area contributed by atoms with Crippen LogP contribution in [0.4, 0.5) is 29.2 Å². The first-order valence-electron chi connectivity index (χ1n) is 10.6. The van der Waals surface area contributed by atoms with Gasteiger partial charge in [-0.15, -0.1) is 0 Å². The minimum Gasteiger partial charge on any atom is -0.496 e. The van der Waals surface area contributed by atoms with E-state index in [2.05, 4.69) is 35.7 Å². The number of benzene rings is 2. The van der Waals surface area contributed by atoms with Gasteiger partial charge in [0.1, 0.15) is 5.75 Å². The van der Waals surface area contributed by atoms with Gasteiger partial charge in [0.15, 0.2) is 0 Å². The van der Waals surface area contributed by atoms with Crippen LogP contribution in [0.15, 0.2) is 53.6 Å². The van der Waals surface area contributed by atoms with E-state index in [-0.39, 0.29) is 11.6 Å². The van der Waals surface area contributed by atoms with Crippen molar-refractivity contribution < 1.29 is 9.66 Å². The maximum atomic E-state index is 11.1. The Bertz CT molecular complexity index is 1130. The van der Waals surface area contributed by atoms with Crippen molar-refractivity contribution in [3.05, 3.63) is 64.2 Å². The molecule has 4 rings (SSSR count). The van der Waals surface area contributed by atoms with Crippen molar-refractivity contribution in [3.63, 3.8) is 0 Å². The number of nitrogens with zero attached hydrogens (tertiary/aromatic N) is 6. The van der Waals surface area contributed by atoms with Gasteiger partial charge < -0.3 is 15.0 Å². The van der Waals surface area contributed by atoms with E-state index >= 15 is 0 Å². The summed E-state index contributed by atoms with van der Waals surface area (Å²) in [4.78, 5) is 26.3. The number of nitro groups is 1. The minimum atomic E-state index is -0.470. The average molecular weight is 448 g/mol. The second-order valence-corrected chi connectivity index (χ2v) is 7.37. The first-order chi connectivity index (χ1) is 16.1. The molecule has 0 aliphatic carbocycles. The molecular weight excluding hydrogens is 424 g/mol. The van der Waals surface area contributed by atoms with Gasteiger partial charge in [0, 0.05) is 36.5 Å². The zero-order valence-electron chi connectivity index (χ0n) is 18.1. The van der Waals surface area contributed by atoms with E-state index in [9.17, 15) is 10.1 Å². The lowest BCUT2D eigenvalue weighted by molar-refractivity contribution is -0.384. The van der Waals surface area contributed by atoms with Crippen LogP contribution in [0, 0.1) is 10.1 Å². The van der Waals surface area contributed by atoms with E-state index in [1.807, 2.05) is 30.3 Å². The molecule has 0 saturated carbocycles. The van der Waals surface area contributed by atoms with Crippen LogP contribution in [0.25, 0.3) is 0 Å². The highest BCUT2D eigenvalue weighted by Crippen LogP contribution is 2.23. The van der Waals surface area contributed by atoms with Crippen LogP contribution in [0.2, 0.25) is 0 Å². The number of ether oxygens (including phenoxy) is 1. The molecular formula is C22H24N8O3. The summed E-state index contributed by atoms with van der Waals surface area (Å²) >= 11 is 0. The second kappa shape index (κ2) is 10.4. The monoisotopic (exact) mass is 448 g/mol. The standard InChI is InChI=1S/C22H24N8O3/c1-33-19-11-10-18(30(31)32)14-16(19)15-23-28-21-25-20(24-17-8-4-2-5-9-17)26-22(27-21)29-12-6-3-7-13-29/h2,4-5,8-11,14-15H,3,6-7,12-13H2,1H3,(H2,24,25,26,27,28)/b23-15-. The third-order valence-electron chi connectivity index (χ3n) is 5.08. The summed E-state index contributed by atoms with van der Waals surface area (Å²) in [7, 11) is 1.49. The topological polar surface area (TPSA) is 131 Å². The molecule has 11 heteroatoms. The van der Waals surface area contributed by atoms with E-state index in [1.54, 1.807) is 0 Å². The van der Waals surface area contributed by atoms with Crippen molar-refractivity contribution in [2.24, 2.45) is 5.10 Å². The molecule has 33 heavy (non-hydrogen) atoms. The van der Waals surface area contributed by atoms with Crippen LogP contribution in [-0.4, -0.2) is 46.3 Å². The lowest BCUT2D eigenvalue weighted by Gasteiger charge is -2.26. The molecule has 0 amide bonds. The number of anilines is 4. The number of nitro benzene ring substituents is 1. The van der Waals surface area contributed by atoms with Gasteiger partial charge in [-0.2, -0.15) is 20.1 Å². The molecule has 2 aromatic carbocycles. The molecule has 0 bridgehead atoms. The van der Waals surface area contributed by atoms with Crippen molar-refractivity contribution in [1.29, 1.82) is 0 Å². The minimum absolute atomic E-state index is 0.0563. The Kier molecular flexibility index (Phi) is 6.88. The highest BCUT2D eigenvalue weighted by Gasteiger charge is 2.16. The Hall–Kier alpha value is -4.28. The SMILES string of the molecule is COc1ccc([N+](=O)[O-])cc1/C=N\Nc1nc(Nc2ccccc2)nc(N2CCCCC2)n1. The summed E-state index contributed by atoms with van der Waals surface area (Å²) in [6, 6.07) is 13.9. The van der Waals surface area contributed by atoms with Gasteiger partial charge in [0.2, 0.25) is 17.8 Å². The summed E-state index contributed by atoms with van der Waals surface area (Å²) in [5, 5.41) is 18.5. The van der Waals surface area contributed by atoms with Crippen LogP contribution >= 0.6 is 0 Å². The van der Waals surface area contributed by atoms with E-state index in [4.69, 9.17) is 4.74 Å². The van der Waals surface area contributed by atoms with Gasteiger partial charge in [0.25, 0.3) is 5.69 Å². The summed E-state index contributed by atoms with van der Waals surface area (Å²) in [5.74, 6) is 1.67. The number of hydrogen-bond donors (Lipinski definition) is 2. The van der Waals surface area contributed by atoms with Crippen molar-refractivity contribution in [3.8, 4) is 5.75 Å². The maximum absolute atomic E-state index is 11.1. The predicted octanol–water partition coefficient (Wildman–Crippen LogP) is 3.97. The lowest BCUT2D eigenvalue weighted by Crippen LogP contribution is -2.31. The maximum Gasteiger partial charge on any atom is 0.270 e. The molecule has 1 aromatic heterocycles. The van der Waals surface area contributed by atoms with Gasteiger partial charge in [-0.25, -0.2) is 5.43 Å². The molecule has 1 fully saturated rings. The van der Waals surface area contributed by atoms with Crippen molar-refractivity contribution in [2.45, 2.75) is 19.3 Å². The highest BCUT2D eigenvalue weighted by atomic mass is 16.6. The number of hydrogen-bond acceptors (Lipinski definition) is 10. The zero-order chi connectivity index (χ0) is 23.0.